The number of amides is 1. The van der Waals surface area contributed by atoms with Crippen molar-refractivity contribution in [1.82, 2.24) is 5.32 Å². The first kappa shape index (κ1) is 22.1. The first-order valence-corrected chi connectivity index (χ1v) is 12.1. The van der Waals surface area contributed by atoms with Crippen molar-refractivity contribution >= 4 is 50.7 Å². The molecule has 0 unspecified atom stereocenters. The van der Waals surface area contributed by atoms with Gasteiger partial charge in [0.2, 0.25) is 5.91 Å². The van der Waals surface area contributed by atoms with Crippen LogP contribution in [0.25, 0.3) is 0 Å². The second-order valence-electron chi connectivity index (χ2n) is 6.10. The Morgan fingerprint density at radius 3 is 2.37 bits per heavy atom. The SMILES string of the molecule is CC[C@@H](NC(=O)CSCc1ccc(Cl)cc1Cl)c1ccc(S(C)(=O)=O)cc1. The number of halogens is 2. The van der Waals surface area contributed by atoms with E-state index in [4.69, 9.17) is 23.2 Å². The summed E-state index contributed by atoms with van der Waals surface area (Å²) in [5.41, 5.74) is 1.81. The number of thioether (sulfide) groups is 1. The molecule has 0 fully saturated rings. The van der Waals surface area contributed by atoms with Crippen LogP contribution in [0.4, 0.5) is 0 Å². The van der Waals surface area contributed by atoms with Gasteiger partial charge >= 0.3 is 0 Å². The van der Waals surface area contributed by atoms with Gasteiger partial charge in [-0.1, -0.05) is 48.3 Å². The van der Waals surface area contributed by atoms with Gasteiger partial charge in [0.1, 0.15) is 0 Å². The van der Waals surface area contributed by atoms with Gasteiger partial charge in [0.25, 0.3) is 0 Å². The Morgan fingerprint density at radius 1 is 1.15 bits per heavy atom. The van der Waals surface area contributed by atoms with E-state index < -0.39 is 9.84 Å². The van der Waals surface area contributed by atoms with Gasteiger partial charge in [-0.25, -0.2) is 8.42 Å². The summed E-state index contributed by atoms with van der Waals surface area (Å²) in [4.78, 5) is 12.5. The van der Waals surface area contributed by atoms with E-state index in [-0.39, 0.29) is 16.8 Å². The molecule has 1 amide bonds. The Kier molecular flexibility index (Phi) is 8.04. The molecule has 146 valence electrons. The lowest BCUT2D eigenvalue weighted by molar-refractivity contribution is -0.119. The minimum absolute atomic E-state index is 0.0795. The van der Waals surface area contributed by atoms with Gasteiger partial charge in [-0.05, 0) is 41.8 Å². The molecule has 0 aromatic heterocycles. The van der Waals surface area contributed by atoms with Gasteiger partial charge < -0.3 is 5.32 Å². The van der Waals surface area contributed by atoms with Crippen LogP contribution in [0.5, 0.6) is 0 Å². The molecular weight excluding hydrogens is 425 g/mol. The normalized spacial score (nSPS) is 12.6. The third-order valence-corrected chi connectivity index (χ3v) is 6.66. The molecule has 2 aromatic carbocycles. The van der Waals surface area contributed by atoms with Crippen LogP contribution < -0.4 is 5.32 Å². The molecule has 2 aromatic rings. The van der Waals surface area contributed by atoms with Crippen LogP contribution in [0.15, 0.2) is 47.4 Å². The maximum absolute atomic E-state index is 12.3. The van der Waals surface area contributed by atoms with Gasteiger partial charge in [0, 0.05) is 22.1 Å². The molecule has 0 bridgehead atoms. The van der Waals surface area contributed by atoms with Crippen molar-refractivity contribution in [2.45, 2.75) is 30.0 Å². The van der Waals surface area contributed by atoms with Crippen molar-refractivity contribution in [2.24, 2.45) is 0 Å². The summed E-state index contributed by atoms with van der Waals surface area (Å²) < 4.78 is 23.1. The minimum atomic E-state index is -3.23. The predicted octanol–water partition coefficient (Wildman–Crippen LogP) is 4.90. The van der Waals surface area contributed by atoms with E-state index in [0.717, 1.165) is 11.1 Å². The molecule has 8 heteroatoms. The predicted molar refractivity (Wildman–Crippen MR) is 113 cm³/mol. The highest BCUT2D eigenvalue weighted by Crippen LogP contribution is 2.25. The summed E-state index contributed by atoms with van der Waals surface area (Å²) in [6.45, 7) is 1.97. The third kappa shape index (κ3) is 6.71. The molecule has 4 nitrogen and oxygen atoms in total. The highest BCUT2D eigenvalue weighted by Gasteiger charge is 2.14. The lowest BCUT2D eigenvalue weighted by Crippen LogP contribution is -2.29. The molecule has 0 aliphatic carbocycles. The van der Waals surface area contributed by atoms with E-state index in [1.54, 1.807) is 36.4 Å². The molecule has 1 atom stereocenters. The number of rotatable bonds is 8. The highest BCUT2D eigenvalue weighted by atomic mass is 35.5. The van der Waals surface area contributed by atoms with Crippen molar-refractivity contribution in [3.8, 4) is 0 Å². The monoisotopic (exact) mass is 445 g/mol. The van der Waals surface area contributed by atoms with E-state index in [9.17, 15) is 13.2 Å². The van der Waals surface area contributed by atoms with Crippen LogP contribution in [0, 0.1) is 0 Å². The first-order valence-electron chi connectivity index (χ1n) is 8.31. The smallest absolute Gasteiger partial charge is 0.230 e. The maximum atomic E-state index is 12.3. The largest absolute Gasteiger partial charge is 0.349 e. The molecule has 0 heterocycles. The quantitative estimate of drug-likeness (QED) is 0.627. The maximum Gasteiger partial charge on any atom is 0.230 e. The molecule has 1 N–H and O–H groups in total. The first-order chi connectivity index (χ1) is 12.7. The standard InChI is InChI=1S/C19H21Cl2NO3S2/c1-3-18(13-5-8-16(9-6-13)27(2,24)25)22-19(23)12-26-11-14-4-7-15(20)10-17(14)21/h4-10,18H,3,11-12H2,1-2H3,(H,22,23)/t18-/m1/s1. The van der Waals surface area contributed by atoms with Crippen molar-refractivity contribution in [2.75, 3.05) is 12.0 Å². The van der Waals surface area contributed by atoms with Gasteiger partial charge in [-0.2, -0.15) is 0 Å². The number of hydrogen-bond acceptors (Lipinski definition) is 4. The topological polar surface area (TPSA) is 63.2 Å². The number of hydrogen-bond donors (Lipinski definition) is 1. The summed E-state index contributed by atoms with van der Waals surface area (Å²) in [6, 6.07) is 11.8. The van der Waals surface area contributed by atoms with Gasteiger partial charge in [0.05, 0.1) is 16.7 Å². The fraction of sp³-hybridized carbons (Fsp3) is 0.316. The van der Waals surface area contributed by atoms with E-state index in [1.807, 2.05) is 13.0 Å². The summed E-state index contributed by atoms with van der Waals surface area (Å²) in [5.74, 6) is 0.837. The summed E-state index contributed by atoms with van der Waals surface area (Å²) in [7, 11) is -3.23. The number of sulfone groups is 1. The van der Waals surface area contributed by atoms with Crippen molar-refractivity contribution in [1.29, 1.82) is 0 Å². The summed E-state index contributed by atoms with van der Waals surface area (Å²) in [6.07, 6.45) is 1.88. The average Bonchev–Trinajstić information content (AvgIpc) is 2.61. The zero-order valence-corrected chi connectivity index (χ0v) is 18.2. The summed E-state index contributed by atoms with van der Waals surface area (Å²) in [5, 5.41) is 4.16. The number of benzene rings is 2. The lowest BCUT2D eigenvalue weighted by Gasteiger charge is -2.18. The van der Waals surface area contributed by atoms with Gasteiger partial charge in [-0.15, -0.1) is 11.8 Å². The second kappa shape index (κ2) is 9.82. The Morgan fingerprint density at radius 2 is 1.81 bits per heavy atom. The van der Waals surface area contributed by atoms with Crippen LogP contribution in [-0.2, 0) is 20.4 Å². The van der Waals surface area contributed by atoms with E-state index >= 15 is 0 Å². The van der Waals surface area contributed by atoms with Gasteiger partial charge in [0.15, 0.2) is 9.84 Å². The van der Waals surface area contributed by atoms with Crippen molar-refractivity contribution in [3.05, 3.63) is 63.6 Å². The molecule has 0 aliphatic heterocycles. The molecular formula is C19H21Cl2NO3S2. The van der Waals surface area contributed by atoms with E-state index in [0.29, 0.717) is 28.0 Å². The molecule has 0 radical (unpaired) electrons. The molecule has 0 saturated carbocycles. The van der Waals surface area contributed by atoms with Crippen LogP contribution in [0.3, 0.4) is 0 Å². The molecule has 27 heavy (non-hydrogen) atoms. The Labute approximate surface area is 174 Å². The second-order valence-corrected chi connectivity index (χ2v) is 9.94. The molecule has 0 saturated heterocycles. The van der Waals surface area contributed by atoms with E-state index in [2.05, 4.69) is 5.32 Å². The van der Waals surface area contributed by atoms with Crippen molar-refractivity contribution < 1.29 is 13.2 Å². The third-order valence-electron chi connectivity index (χ3n) is 3.96. The van der Waals surface area contributed by atoms with E-state index in [1.165, 1.54) is 18.0 Å². The van der Waals surface area contributed by atoms with Crippen molar-refractivity contribution in [3.63, 3.8) is 0 Å². The fourth-order valence-electron chi connectivity index (χ4n) is 2.50. The molecule has 0 aliphatic rings. The number of carbonyl (C=O) groups excluding carboxylic acids is 1. The van der Waals surface area contributed by atoms with Crippen LogP contribution >= 0.6 is 35.0 Å². The van der Waals surface area contributed by atoms with Gasteiger partial charge in [-0.3, -0.25) is 4.79 Å². The van der Waals surface area contributed by atoms with Crippen LogP contribution in [-0.4, -0.2) is 26.3 Å². The van der Waals surface area contributed by atoms with Crippen LogP contribution in [0.2, 0.25) is 10.0 Å². The average molecular weight is 446 g/mol. The van der Waals surface area contributed by atoms with Crippen LogP contribution in [0.1, 0.15) is 30.5 Å². The Hall–Kier alpha value is -1.21. The number of carbonyl (C=O) groups is 1. The number of nitrogens with one attached hydrogen (secondary N) is 1. The Bertz CT molecular complexity index is 900. The highest BCUT2D eigenvalue weighted by molar-refractivity contribution is 7.99. The summed E-state index contributed by atoms with van der Waals surface area (Å²) >= 11 is 13.5. The zero-order valence-electron chi connectivity index (χ0n) is 15.0. The minimum Gasteiger partial charge on any atom is -0.349 e. The zero-order chi connectivity index (χ0) is 20.0. The lowest BCUT2D eigenvalue weighted by atomic mass is 10.0. The Balaban J connectivity index is 1.91. The molecule has 0 spiro atoms. The fourth-order valence-corrected chi connectivity index (χ4v) is 4.52. The molecule has 2 rings (SSSR count).